The van der Waals surface area contributed by atoms with Crippen molar-refractivity contribution in [3.8, 4) is 5.75 Å². The fourth-order valence-corrected chi connectivity index (χ4v) is 4.22. The van der Waals surface area contributed by atoms with Crippen LogP contribution in [0.15, 0.2) is 12.3 Å². The molecule has 10 heteroatoms. The molecule has 2 aliphatic rings. The summed E-state index contributed by atoms with van der Waals surface area (Å²) in [6.45, 7) is 0.415. The van der Waals surface area contributed by atoms with Gasteiger partial charge in [0.05, 0.1) is 12.5 Å². The van der Waals surface area contributed by atoms with E-state index >= 15 is 0 Å². The van der Waals surface area contributed by atoms with E-state index in [2.05, 4.69) is 14.9 Å². The summed E-state index contributed by atoms with van der Waals surface area (Å²) in [5, 5.41) is 8.12. The maximum Gasteiger partial charge on any atom is 0.391 e. The molecule has 0 radical (unpaired) electrons. The Kier molecular flexibility index (Phi) is 5.24. The van der Waals surface area contributed by atoms with Gasteiger partial charge in [0.25, 0.3) is 0 Å². The number of alkyl halides is 3. The van der Waals surface area contributed by atoms with E-state index in [0.717, 1.165) is 24.2 Å². The Hall–Kier alpha value is -1.84. The molecule has 6 nitrogen and oxygen atoms in total. The van der Waals surface area contributed by atoms with Crippen molar-refractivity contribution >= 4 is 22.6 Å². The first-order valence-electron chi connectivity index (χ1n) is 9.49. The molecule has 4 rings (SSSR count). The van der Waals surface area contributed by atoms with Gasteiger partial charge in [-0.05, 0) is 50.4 Å². The minimum absolute atomic E-state index is 0.138. The second kappa shape index (κ2) is 7.53. The highest BCUT2D eigenvalue weighted by Gasteiger charge is 2.41. The van der Waals surface area contributed by atoms with Crippen LogP contribution in [0.25, 0.3) is 5.65 Å². The number of hydrogen-bond acceptors (Lipinski definition) is 4. The molecule has 0 bridgehead atoms. The number of fused-ring (bicyclic) bond motifs is 1. The summed E-state index contributed by atoms with van der Waals surface area (Å²) >= 11 is 0. The third kappa shape index (κ3) is 4.26. The quantitative estimate of drug-likeness (QED) is 0.771. The van der Waals surface area contributed by atoms with Gasteiger partial charge in [-0.3, -0.25) is 9.12 Å². The van der Waals surface area contributed by atoms with Crippen LogP contribution in [0.3, 0.4) is 0 Å². The molecule has 28 heavy (non-hydrogen) atoms. The highest BCUT2D eigenvalue weighted by Crippen LogP contribution is 2.45. The lowest BCUT2D eigenvalue weighted by atomic mass is 9.82. The zero-order chi connectivity index (χ0) is 19.9. The second-order valence-electron chi connectivity index (χ2n) is 7.75. The van der Waals surface area contributed by atoms with Crippen LogP contribution in [-0.2, 0) is 11.0 Å². The van der Waals surface area contributed by atoms with E-state index in [1.807, 2.05) is 12.3 Å². The third-order valence-electron chi connectivity index (χ3n) is 5.57. The van der Waals surface area contributed by atoms with Gasteiger partial charge >= 0.3 is 6.18 Å². The summed E-state index contributed by atoms with van der Waals surface area (Å²) in [5.41, 5.74) is 1.62. The average molecular weight is 416 g/mol. The molecule has 2 aromatic heterocycles. The highest BCUT2D eigenvalue weighted by atomic mass is 32.2. The van der Waals surface area contributed by atoms with E-state index in [1.165, 1.54) is 6.26 Å². The maximum absolute atomic E-state index is 12.8. The fraction of sp³-hybridized carbons (Fsp3) is 0.667. The molecule has 0 aliphatic heterocycles. The summed E-state index contributed by atoms with van der Waals surface area (Å²) < 4.78 is 60.5. The molecule has 2 aromatic rings. The first-order valence-corrected chi connectivity index (χ1v) is 11.1. The molecular weight excluding hydrogens is 393 g/mol. The van der Waals surface area contributed by atoms with Crippen LogP contribution in [0.4, 0.5) is 19.1 Å². The Morgan fingerprint density at radius 1 is 1.21 bits per heavy atom. The number of halogens is 3. The number of nitrogens with one attached hydrogen (secondary N) is 1. The Morgan fingerprint density at radius 3 is 2.54 bits per heavy atom. The molecule has 0 saturated heterocycles. The Morgan fingerprint density at radius 2 is 1.93 bits per heavy atom. The van der Waals surface area contributed by atoms with Gasteiger partial charge < -0.3 is 4.74 Å². The van der Waals surface area contributed by atoms with Crippen LogP contribution in [0.2, 0.25) is 0 Å². The number of hydrogen-bond donors (Lipinski definition) is 1. The Balaban J connectivity index is 1.46. The first-order chi connectivity index (χ1) is 13.3. The van der Waals surface area contributed by atoms with Gasteiger partial charge in [-0.15, -0.1) is 10.2 Å². The molecule has 1 unspecified atom stereocenters. The lowest BCUT2D eigenvalue weighted by Crippen LogP contribution is -2.29. The van der Waals surface area contributed by atoms with Crippen LogP contribution < -0.4 is 9.46 Å². The van der Waals surface area contributed by atoms with E-state index in [-0.39, 0.29) is 18.8 Å². The maximum atomic E-state index is 12.8. The van der Waals surface area contributed by atoms with Gasteiger partial charge in [0.2, 0.25) is 5.95 Å². The van der Waals surface area contributed by atoms with Crippen molar-refractivity contribution in [1.29, 1.82) is 0 Å². The van der Waals surface area contributed by atoms with E-state index in [9.17, 15) is 17.4 Å². The number of anilines is 1. The van der Waals surface area contributed by atoms with Crippen LogP contribution in [0.5, 0.6) is 5.75 Å². The normalized spacial score (nSPS) is 24.3. The van der Waals surface area contributed by atoms with Crippen molar-refractivity contribution in [3.05, 3.63) is 17.8 Å². The zero-order valence-corrected chi connectivity index (χ0v) is 16.4. The number of pyridine rings is 1. The molecule has 1 N–H and O–H groups in total. The average Bonchev–Trinajstić information content (AvgIpc) is 3.41. The summed E-state index contributed by atoms with van der Waals surface area (Å²) in [4.78, 5) is 0. The van der Waals surface area contributed by atoms with Gasteiger partial charge in [-0.2, -0.15) is 13.2 Å². The minimum Gasteiger partial charge on any atom is -0.493 e. The molecule has 0 spiro atoms. The van der Waals surface area contributed by atoms with E-state index in [4.69, 9.17) is 4.74 Å². The predicted octanol–water partition coefficient (Wildman–Crippen LogP) is 4.06. The van der Waals surface area contributed by atoms with Gasteiger partial charge in [0, 0.05) is 24.1 Å². The summed E-state index contributed by atoms with van der Waals surface area (Å²) in [6, 6.07) is 1.81. The smallest absolute Gasteiger partial charge is 0.391 e. The fourth-order valence-electron chi connectivity index (χ4n) is 3.82. The minimum atomic E-state index is -4.09. The van der Waals surface area contributed by atoms with Crippen molar-refractivity contribution < 1.29 is 22.1 Å². The number of rotatable bonds is 6. The van der Waals surface area contributed by atoms with Crippen molar-refractivity contribution in [1.82, 2.24) is 14.6 Å². The molecule has 2 saturated carbocycles. The molecule has 0 aromatic carbocycles. The topological polar surface area (TPSA) is 68.5 Å². The zero-order valence-electron chi connectivity index (χ0n) is 15.5. The van der Waals surface area contributed by atoms with Crippen molar-refractivity contribution in [3.63, 3.8) is 0 Å². The summed E-state index contributed by atoms with van der Waals surface area (Å²) in [7, 11) is -1.26. The van der Waals surface area contributed by atoms with Gasteiger partial charge in [0.15, 0.2) is 5.65 Å². The monoisotopic (exact) mass is 416 g/mol. The second-order valence-corrected chi connectivity index (χ2v) is 8.86. The molecule has 1 atom stereocenters. The van der Waals surface area contributed by atoms with E-state index in [0.29, 0.717) is 37.0 Å². The highest BCUT2D eigenvalue weighted by molar-refractivity contribution is 7.85. The summed E-state index contributed by atoms with van der Waals surface area (Å²) in [5.74, 6) is 0.509. The number of nitrogens with zero attached hydrogens (tertiary/aromatic N) is 3. The van der Waals surface area contributed by atoms with Gasteiger partial charge in [-0.1, -0.05) is 0 Å². The Labute approximate surface area is 163 Å². The molecular formula is C18H23F3N4O2S. The largest absolute Gasteiger partial charge is 0.493 e. The van der Waals surface area contributed by atoms with Crippen LogP contribution >= 0.6 is 0 Å². The summed E-state index contributed by atoms with van der Waals surface area (Å²) in [6.07, 6.45) is 2.92. The molecule has 0 amide bonds. The third-order valence-corrected chi connectivity index (χ3v) is 6.04. The Bertz CT molecular complexity index is 874. The van der Waals surface area contributed by atoms with Gasteiger partial charge in [-0.25, -0.2) is 4.21 Å². The molecule has 2 aliphatic carbocycles. The number of ether oxygens (including phenoxy) is 1. The van der Waals surface area contributed by atoms with E-state index in [1.54, 1.807) is 4.40 Å². The lowest BCUT2D eigenvalue weighted by molar-refractivity contribution is -0.184. The van der Waals surface area contributed by atoms with Crippen molar-refractivity contribution in [2.75, 3.05) is 17.6 Å². The van der Waals surface area contributed by atoms with Crippen LogP contribution in [-0.4, -0.2) is 37.8 Å². The standard InChI is InChI=1S/C18H23F3N4O2S/c1-28(26)24-17-23-22-16-8-15(14(9-25(16)17)12-4-5-12)27-10-11-2-6-13(7-3-11)18(19,20)21/h8-9,11-13H,2-7,10H2,1H3,(H,23,24). The predicted molar refractivity (Wildman–Crippen MR) is 99.6 cm³/mol. The van der Waals surface area contributed by atoms with Crippen LogP contribution in [0, 0.1) is 11.8 Å². The number of aromatic nitrogens is 3. The molecule has 2 heterocycles. The van der Waals surface area contributed by atoms with Crippen molar-refractivity contribution in [2.45, 2.75) is 50.6 Å². The molecule has 2 fully saturated rings. The van der Waals surface area contributed by atoms with Crippen molar-refractivity contribution in [2.24, 2.45) is 11.8 Å². The SMILES string of the molecule is CS(=O)Nc1nnc2cc(OCC3CCC(C(F)(F)F)CC3)c(C3CC3)cn12. The van der Waals surface area contributed by atoms with E-state index < -0.39 is 23.1 Å². The lowest BCUT2D eigenvalue weighted by Gasteiger charge is -2.29. The van der Waals surface area contributed by atoms with Crippen LogP contribution in [0.1, 0.15) is 50.0 Å². The first kappa shape index (κ1) is 19.5. The van der Waals surface area contributed by atoms with Gasteiger partial charge in [0.1, 0.15) is 16.7 Å². The molecule has 154 valence electrons.